The maximum Gasteiger partial charge on any atom is 0.239 e. The molecule has 0 aromatic heterocycles. The molecule has 118 valence electrons. The SMILES string of the molecule is COc1ccc(C)cc1CCNC(=O)CNC(=O)CN.Cl. The summed E-state index contributed by atoms with van der Waals surface area (Å²) in [7, 11) is 1.62. The molecule has 0 aliphatic heterocycles. The smallest absolute Gasteiger partial charge is 0.239 e. The number of benzene rings is 1. The normalized spacial score (nSPS) is 9.48. The van der Waals surface area contributed by atoms with Gasteiger partial charge in [-0.2, -0.15) is 0 Å². The molecule has 0 atom stereocenters. The molecule has 6 nitrogen and oxygen atoms in total. The molecule has 0 unspecified atom stereocenters. The lowest BCUT2D eigenvalue weighted by Crippen LogP contribution is -2.40. The zero-order chi connectivity index (χ0) is 15.0. The van der Waals surface area contributed by atoms with Crippen molar-refractivity contribution >= 4 is 24.2 Å². The Hall–Kier alpha value is -1.79. The van der Waals surface area contributed by atoms with Crippen molar-refractivity contribution in [1.82, 2.24) is 10.6 Å². The van der Waals surface area contributed by atoms with Gasteiger partial charge in [-0.15, -0.1) is 12.4 Å². The van der Waals surface area contributed by atoms with Crippen molar-refractivity contribution in [1.29, 1.82) is 0 Å². The van der Waals surface area contributed by atoms with E-state index < -0.39 is 0 Å². The lowest BCUT2D eigenvalue weighted by Gasteiger charge is -2.10. The second-order valence-electron chi connectivity index (χ2n) is 4.40. The minimum Gasteiger partial charge on any atom is -0.496 e. The van der Waals surface area contributed by atoms with E-state index in [0.29, 0.717) is 13.0 Å². The third-order valence-corrected chi connectivity index (χ3v) is 2.78. The van der Waals surface area contributed by atoms with Crippen LogP contribution >= 0.6 is 12.4 Å². The predicted molar refractivity (Wildman–Crippen MR) is 83.8 cm³/mol. The van der Waals surface area contributed by atoms with E-state index in [1.165, 1.54) is 0 Å². The number of halogens is 1. The van der Waals surface area contributed by atoms with Crippen molar-refractivity contribution < 1.29 is 14.3 Å². The van der Waals surface area contributed by atoms with Crippen LogP contribution in [-0.4, -0.2) is 38.6 Å². The topological polar surface area (TPSA) is 93.5 Å². The molecule has 2 amide bonds. The summed E-state index contributed by atoms with van der Waals surface area (Å²) in [5.41, 5.74) is 7.30. The fraction of sp³-hybridized carbons (Fsp3) is 0.429. The zero-order valence-electron chi connectivity index (χ0n) is 12.3. The lowest BCUT2D eigenvalue weighted by atomic mass is 10.1. The van der Waals surface area contributed by atoms with Crippen LogP contribution in [0.15, 0.2) is 18.2 Å². The quantitative estimate of drug-likeness (QED) is 0.668. The second kappa shape index (κ2) is 10.0. The zero-order valence-corrected chi connectivity index (χ0v) is 13.1. The van der Waals surface area contributed by atoms with Crippen LogP contribution in [0, 0.1) is 6.92 Å². The second-order valence-corrected chi connectivity index (χ2v) is 4.40. The van der Waals surface area contributed by atoms with E-state index in [9.17, 15) is 9.59 Å². The highest BCUT2D eigenvalue weighted by atomic mass is 35.5. The molecular weight excluding hydrogens is 294 g/mol. The highest BCUT2D eigenvalue weighted by molar-refractivity contribution is 5.85. The van der Waals surface area contributed by atoms with Crippen LogP contribution in [0.1, 0.15) is 11.1 Å². The minimum absolute atomic E-state index is 0. The van der Waals surface area contributed by atoms with Crippen LogP contribution in [0.4, 0.5) is 0 Å². The largest absolute Gasteiger partial charge is 0.496 e. The molecule has 7 heteroatoms. The van der Waals surface area contributed by atoms with Crippen molar-refractivity contribution in [3.63, 3.8) is 0 Å². The minimum atomic E-state index is -0.347. The Bertz CT molecular complexity index is 481. The Kier molecular flexibility index (Phi) is 9.16. The van der Waals surface area contributed by atoms with Crippen LogP contribution in [0.3, 0.4) is 0 Å². The number of carbonyl (C=O) groups is 2. The summed E-state index contributed by atoms with van der Waals surface area (Å²) in [5.74, 6) is 0.222. The number of ether oxygens (including phenoxy) is 1. The van der Waals surface area contributed by atoms with Crippen LogP contribution in [0.25, 0.3) is 0 Å². The van der Waals surface area contributed by atoms with E-state index in [1.54, 1.807) is 7.11 Å². The predicted octanol–water partition coefficient (Wildman–Crippen LogP) is 0.159. The number of carbonyl (C=O) groups excluding carboxylic acids is 2. The van der Waals surface area contributed by atoms with Gasteiger partial charge in [0, 0.05) is 6.54 Å². The molecule has 0 saturated carbocycles. The number of rotatable bonds is 7. The Morgan fingerprint density at radius 1 is 1.24 bits per heavy atom. The molecule has 0 aliphatic rings. The van der Waals surface area contributed by atoms with Crippen LogP contribution in [0.5, 0.6) is 5.75 Å². The van der Waals surface area contributed by atoms with Crippen molar-refractivity contribution in [3.8, 4) is 5.75 Å². The number of aryl methyl sites for hydroxylation is 1. The first-order chi connectivity index (χ1) is 9.56. The summed E-state index contributed by atoms with van der Waals surface area (Å²) in [5, 5.41) is 5.14. The number of amides is 2. The Morgan fingerprint density at radius 3 is 2.57 bits per heavy atom. The van der Waals surface area contributed by atoms with Crippen molar-refractivity contribution in [2.75, 3.05) is 26.7 Å². The van der Waals surface area contributed by atoms with E-state index in [1.807, 2.05) is 25.1 Å². The average molecular weight is 316 g/mol. The molecule has 21 heavy (non-hydrogen) atoms. The maximum absolute atomic E-state index is 11.5. The van der Waals surface area contributed by atoms with Gasteiger partial charge in [0.25, 0.3) is 0 Å². The Labute approximate surface area is 130 Å². The number of methoxy groups -OCH3 is 1. The average Bonchev–Trinajstić information content (AvgIpc) is 2.45. The van der Waals surface area contributed by atoms with Gasteiger partial charge >= 0.3 is 0 Å². The summed E-state index contributed by atoms with van der Waals surface area (Å²) < 4.78 is 5.27. The van der Waals surface area contributed by atoms with E-state index in [0.717, 1.165) is 16.9 Å². The molecule has 1 aromatic rings. The standard InChI is InChI=1S/C14H21N3O3.ClH/c1-10-3-4-12(20-2)11(7-10)5-6-16-14(19)9-17-13(18)8-15;/h3-4,7H,5-6,8-9,15H2,1-2H3,(H,16,19)(H,17,18);1H. The number of nitrogens with one attached hydrogen (secondary N) is 2. The van der Waals surface area contributed by atoms with Gasteiger partial charge in [-0.05, 0) is 25.0 Å². The molecule has 0 radical (unpaired) electrons. The fourth-order valence-electron chi connectivity index (χ4n) is 1.75. The molecule has 4 N–H and O–H groups in total. The number of nitrogens with two attached hydrogens (primary N) is 1. The summed E-state index contributed by atoms with van der Waals surface area (Å²) >= 11 is 0. The van der Waals surface area contributed by atoms with Gasteiger partial charge in [0.15, 0.2) is 0 Å². The van der Waals surface area contributed by atoms with Crippen LogP contribution < -0.4 is 21.1 Å². The summed E-state index contributed by atoms with van der Waals surface area (Å²) in [6.45, 7) is 2.32. The van der Waals surface area contributed by atoms with E-state index >= 15 is 0 Å². The highest BCUT2D eigenvalue weighted by Crippen LogP contribution is 2.19. The van der Waals surface area contributed by atoms with Gasteiger partial charge in [-0.25, -0.2) is 0 Å². The lowest BCUT2D eigenvalue weighted by molar-refractivity contribution is -0.125. The molecule has 0 bridgehead atoms. The molecule has 0 aliphatic carbocycles. The van der Waals surface area contributed by atoms with Crippen LogP contribution in [0.2, 0.25) is 0 Å². The first kappa shape index (κ1) is 19.2. The first-order valence-electron chi connectivity index (χ1n) is 6.43. The summed E-state index contributed by atoms with van der Waals surface area (Å²) in [6, 6.07) is 5.92. The Morgan fingerprint density at radius 2 is 1.95 bits per heavy atom. The Balaban J connectivity index is 0.00000400. The van der Waals surface area contributed by atoms with Crippen LogP contribution in [-0.2, 0) is 16.0 Å². The molecule has 0 fully saturated rings. The number of hydrogen-bond acceptors (Lipinski definition) is 4. The molecule has 1 aromatic carbocycles. The number of hydrogen-bond donors (Lipinski definition) is 3. The van der Waals surface area contributed by atoms with E-state index in [-0.39, 0.29) is 37.3 Å². The van der Waals surface area contributed by atoms with E-state index in [4.69, 9.17) is 10.5 Å². The molecule has 0 spiro atoms. The van der Waals surface area contributed by atoms with Gasteiger partial charge in [0.1, 0.15) is 5.75 Å². The van der Waals surface area contributed by atoms with Gasteiger partial charge in [0.05, 0.1) is 20.2 Å². The monoisotopic (exact) mass is 315 g/mol. The van der Waals surface area contributed by atoms with Gasteiger partial charge in [-0.1, -0.05) is 17.7 Å². The van der Waals surface area contributed by atoms with Gasteiger partial charge in [-0.3, -0.25) is 9.59 Å². The third-order valence-electron chi connectivity index (χ3n) is 2.78. The fourth-order valence-corrected chi connectivity index (χ4v) is 1.75. The molecule has 0 heterocycles. The van der Waals surface area contributed by atoms with E-state index in [2.05, 4.69) is 10.6 Å². The van der Waals surface area contributed by atoms with Crippen molar-refractivity contribution in [2.45, 2.75) is 13.3 Å². The van der Waals surface area contributed by atoms with Crippen molar-refractivity contribution in [2.24, 2.45) is 5.73 Å². The van der Waals surface area contributed by atoms with Crippen molar-refractivity contribution in [3.05, 3.63) is 29.3 Å². The molecule has 0 saturated heterocycles. The maximum atomic E-state index is 11.5. The van der Waals surface area contributed by atoms with Gasteiger partial charge in [0.2, 0.25) is 11.8 Å². The van der Waals surface area contributed by atoms with Gasteiger partial charge < -0.3 is 21.1 Å². The first-order valence-corrected chi connectivity index (χ1v) is 6.43. The molecule has 1 rings (SSSR count). The summed E-state index contributed by atoms with van der Waals surface area (Å²) in [6.07, 6.45) is 0.668. The third kappa shape index (κ3) is 6.97. The summed E-state index contributed by atoms with van der Waals surface area (Å²) in [4.78, 5) is 22.4. The molecular formula is C14H22ClN3O3. The highest BCUT2D eigenvalue weighted by Gasteiger charge is 2.06.